The van der Waals surface area contributed by atoms with E-state index < -0.39 is 5.97 Å². The van der Waals surface area contributed by atoms with Gasteiger partial charge < -0.3 is 15.4 Å². The zero-order valence-electron chi connectivity index (χ0n) is 15.9. The first-order chi connectivity index (χ1) is 12.0. The molecule has 0 unspecified atom stereocenters. The highest BCUT2D eigenvalue weighted by molar-refractivity contribution is 7.17. The van der Waals surface area contributed by atoms with Crippen LogP contribution in [0.1, 0.15) is 59.0 Å². The Balaban J connectivity index is 2.07. The van der Waals surface area contributed by atoms with Crippen molar-refractivity contribution in [3.8, 4) is 0 Å². The molecule has 140 valence electrons. The Morgan fingerprint density at radius 1 is 1.35 bits per heavy atom. The summed E-state index contributed by atoms with van der Waals surface area (Å²) in [5.41, 5.74) is 1.18. The Morgan fingerprint density at radius 2 is 2.04 bits per heavy atom. The minimum absolute atomic E-state index is 0.178. The molecule has 0 spiro atoms. The molecule has 1 amide bonds. The van der Waals surface area contributed by atoms with Gasteiger partial charge in [0.25, 0.3) is 5.91 Å². The van der Waals surface area contributed by atoms with Crippen LogP contribution in [-0.4, -0.2) is 34.3 Å². The first kappa shape index (κ1) is 18.6. The van der Waals surface area contributed by atoms with Crippen LogP contribution in [0.4, 0.5) is 5.00 Å². The van der Waals surface area contributed by atoms with Crippen molar-refractivity contribution in [2.45, 2.75) is 45.2 Å². The zero-order valence-corrected chi connectivity index (χ0v) is 16.7. The van der Waals surface area contributed by atoms with Crippen molar-refractivity contribution in [3.05, 3.63) is 34.0 Å². The van der Waals surface area contributed by atoms with E-state index in [2.05, 4.69) is 43.4 Å². The van der Waals surface area contributed by atoms with Gasteiger partial charge in [-0.2, -0.15) is 5.10 Å². The molecule has 1 aliphatic rings. The lowest BCUT2D eigenvalue weighted by Crippen LogP contribution is -2.55. The third-order valence-electron chi connectivity index (χ3n) is 4.41. The number of rotatable bonds is 3. The number of nitrogens with one attached hydrogen (secondary N) is 2. The molecule has 2 aromatic heterocycles. The van der Waals surface area contributed by atoms with E-state index in [0.29, 0.717) is 22.7 Å². The van der Waals surface area contributed by atoms with Crippen molar-refractivity contribution in [2.24, 2.45) is 7.05 Å². The van der Waals surface area contributed by atoms with Gasteiger partial charge in [-0.05, 0) is 45.7 Å². The second-order valence-corrected chi connectivity index (χ2v) is 8.77. The average molecular weight is 376 g/mol. The Bertz CT molecular complexity index is 879. The molecule has 0 bridgehead atoms. The molecule has 3 heterocycles. The van der Waals surface area contributed by atoms with Crippen LogP contribution in [0.15, 0.2) is 12.3 Å². The van der Waals surface area contributed by atoms with E-state index in [1.807, 2.05) is 0 Å². The molecule has 0 radical (unpaired) electrons. The van der Waals surface area contributed by atoms with Gasteiger partial charge >= 0.3 is 5.97 Å². The van der Waals surface area contributed by atoms with Crippen molar-refractivity contribution < 1.29 is 14.3 Å². The Morgan fingerprint density at radius 3 is 2.62 bits per heavy atom. The van der Waals surface area contributed by atoms with Gasteiger partial charge in [-0.3, -0.25) is 9.48 Å². The number of hydrogen-bond acceptors (Lipinski definition) is 6. The fourth-order valence-electron chi connectivity index (χ4n) is 3.64. The second-order valence-electron chi connectivity index (χ2n) is 7.74. The lowest BCUT2D eigenvalue weighted by Gasteiger charge is -2.42. The number of nitrogens with zero attached hydrogens (tertiary/aromatic N) is 2. The average Bonchev–Trinajstić information content (AvgIpc) is 3.09. The standard InChI is InChI=1S/C18H24N4O3S/c1-17(2)9-10-12(16(24)25-6)15(26-13(10)18(3,4)21-17)19-14(23)11-7-8-22(5)20-11/h7-8,21H,9H2,1-6H3,(H,19,23). The molecule has 8 heteroatoms. The van der Waals surface area contributed by atoms with E-state index in [-0.39, 0.29) is 17.0 Å². The zero-order chi connectivity index (χ0) is 19.3. The van der Waals surface area contributed by atoms with Gasteiger partial charge in [-0.25, -0.2) is 4.79 Å². The number of carbonyl (C=O) groups excluding carboxylic acids is 2. The van der Waals surface area contributed by atoms with Gasteiger partial charge in [-0.1, -0.05) is 0 Å². The summed E-state index contributed by atoms with van der Waals surface area (Å²) in [7, 11) is 3.10. The van der Waals surface area contributed by atoms with Gasteiger partial charge in [0.2, 0.25) is 0 Å². The maximum absolute atomic E-state index is 12.5. The van der Waals surface area contributed by atoms with E-state index in [1.54, 1.807) is 24.0 Å². The monoisotopic (exact) mass is 376 g/mol. The summed E-state index contributed by atoms with van der Waals surface area (Å²) in [5.74, 6) is -0.785. The molecule has 2 N–H and O–H groups in total. The molecule has 0 saturated heterocycles. The first-order valence-corrected chi connectivity index (χ1v) is 9.20. The van der Waals surface area contributed by atoms with Crippen LogP contribution in [0.25, 0.3) is 0 Å². The van der Waals surface area contributed by atoms with Crippen LogP contribution < -0.4 is 10.6 Å². The van der Waals surface area contributed by atoms with Crippen molar-refractivity contribution in [2.75, 3.05) is 12.4 Å². The van der Waals surface area contributed by atoms with Crippen molar-refractivity contribution in [1.82, 2.24) is 15.1 Å². The first-order valence-electron chi connectivity index (χ1n) is 8.39. The molecule has 26 heavy (non-hydrogen) atoms. The number of aromatic nitrogens is 2. The van der Waals surface area contributed by atoms with Gasteiger partial charge in [0.15, 0.2) is 5.69 Å². The van der Waals surface area contributed by atoms with E-state index in [1.165, 1.54) is 18.4 Å². The number of carbonyl (C=O) groups is 2. The lowest BCUT2D eigenvalue weighted by atomic mass is 9.81. The predicted molar refractivity (Wildman–Crippen MR) is 101 cm³/mol. The van der Waals surface area contributed by atoms with E-state index >= 15 is 0 Å². The Hall–Kier alpha value is -2.19. The van der Waals surface area contributed by atoms with Crippen LogP contribution in [0, 0.1) is 0 Å². The SMILES string of the molecule is COC(=O)c1c(NC(=O)c2ccn(C)n2)sc2c1CC(C)(C)NC2(C)C. The quantitative estimate of drug-likeness (QED) is 0.805. The number of esters is 1. The summed E-state index contributed by atoms with van der Waals surface area (Å²) in [6, 6.07) is 1.63. The number of thiophene rings is 1. The highest BCUT2D eigenvalue weighted by Crippen LogP contribution is 2.45. The van der Waals surface area contributed by atoms with Crippen LogP contribution in [0.2, 0.25) is 0 Å². The Kier molecular flexibility index (Phi) is 4.44. The fourth-order valence-corrected chi connectivity index (χ4v) is 4.90. The van der Waals surface area contributed by atoms with Crippen LogP contribution >= 0.6 is 11.3 Å². The molecule has 0 aromatic carbocycles. The van der Waals surface area contributed by atoms with Crippen molar-refractivity contribution in [3.63, 3.8) is 0 Å². The third kappa shape index (κ3) is 3.26. The molecule has 7 nitrogen and oxygen atoms in total. The number of methoxy groups -OCH3 is 1. The molecule has 0 fully saturated rings. The minimum Gasteiger partial charge on any atom is -0.465 e. The highest BCUT2D eigenvalue weighted by Gasteiger charge is 2.42. The number of aryl methyl sites for hydroxylation is 1. The van der Waals surface area contributed by atoms with Crippen LogP contribution in [0.3, 0.4) is 0 Å². The largest absolute Gasteiger partial charge is 0.465 e. The Labute approximate surface area is 156 Å². The fraction of sp³-hybridized carbons (Fsp3) is 0.500. The second kappa shape index (κ2) is 6.21. The summed E-state index contributed by atoms with van der Waals surface area (Å²) in [6.07, 6.45) is 2.37. The smallest absolute Gasteiger partial charge is 0.341 e. The van der Waals surface area contributed by atoms with Gasteiger partial charge in [0.05, 0.1) is 12.7 Å². The van der Waals surface area contributed by atoms with Gasteiger partial charge in [0.1, 0.15) is 5.00 Å². The van der Waals surface area contributed by atoms with Gasteiger partial charge in [0, 0.05) is 29.2 Å². The van der Waals surface area contributed by atoms with Crippen molar-refractivity contribution in [1.29, 1.82) is 0 Å². The van der Waals surface area contributed by atoms with E-state index in [4.69, 9.17) is 4.74 Å². The van der Waals surface area contributed by atoms with Gasteiger partial charge in [-0.15, -0.1) is 11.3 Å². The summed E-state index contributed by atoms with van der Waals surface area (Å²) in [4.78, 5) is 26.1. The summed E-state index contributed by atoms with van der Waals surface area (Å²) in [5, 5.41) is 11.1. The summed E-state index contributed by atoms with van der Waals surface area (Å²) < 4.78 is 6.57. The number of hydrogen-bond donors (Lipinski definition) is 2. The highest BCUT2D eigenvalue weighted by atomic mass is 32.1. The van der Waals surface area contributed by atoms with Crippen LogP contribution in [-0.2, 0) is 23.7 Å². The molecule has 0 saturated carbocycles. The van der Waals surface area contributed by atoms with Crippen LogP contribution in [0.5, 0.6) is 0 Å². The van der Waals surface area contributed by atoms with E-state index in [0.717, 1.165) is 10.4 Å². The topological polar surface area (TPSA) is 85.2 Å². The van der Waals surface area contributed by atoms with Crippen molar-refractivity contribution >= 4 is 28.2 Å². The molecular formula is C18H24N4O3S. The molecule has 3 rings (SSSR count). The predicted octanol–water partition coefficient (Wildman–Crippen LogP) is 2.68. The number of amides is 1. The maximum Gasteiger partial charge on any atom is 0.341 e. The maximum atomic E-state index is 12.5. The third-order valence-corrected chi connectivity index (χ3v) is 5.88. The number of anilines is 1. The number of ether oxygens (including phenoxy) is 1. The molecule has 2 aromatic rings. The molecule has 1 aliphatic heterocycles. The normalized spacial score (nSPS) is 17.5. The van der Waals surface area contributed by atoms with E-state index in [9.17, 15) is 9.59 Å². The summed E-state index contributed by atoms with van der Waals surface area (Å²) >= 11 is 1.41. The summed E-state index contributed by atoms with van der Waals surface area (Å²) in [6.45, 7) is 8.36. The number of fused-ring (bicyclic) bond motifs is 1. The lowest BCUT2D eigenvalue weighted by molar-refractivity contribution is 0.0600. The molecule has 0 aliphatic carbocycles. The molecule has 0 atom stereocenters. The molecular weight excluding hydrogens is 352 g/mol. The minimum atomic E-state index is -0.438.